The SMILES string of the molecule is CC(C)=N/N=C(\C)C1CCC(C2CCCCC2)CC1. The second kappa shape index (κ2) is 7.21. The Hall–Kier alpha value is -0.660. The minimum absolute atomic E-state index is 0.697. The van der Waals surface area contributed by atoms with Crippen molar-refractivity contribution in [1.82, 2.24) is 0 Å². The average Bonchev–Trinajstić information content (AvgIpc) is 2.46. The molecular weight excluding hydrogens is 232 g/mol. The molecule has 0 saturated heterocycles. The Balaban J connectivity index is 1.81. The van der Waals surface area contributed by atoms with Crippen LogP contribution in [0.2, 0.25) is 0 Å². The van der Waals surface area contributed by atoms with Crippen LogP contribution >= 0.6 is 0 Å². The topological polar surface area (TPSA) is 24.7 Å². The van der Waals surface area contributed by atoms with Gasteiger partial charge in [0.15, 0.2) is 0 Å². The van der Waals surface area contributed by atoms with Crippen LogP contribution in [0.4, 0.5) is 0 Å². The Morgan fingerprint density at radius 3 is 1.84 bits per heavy atom. The molecule has 2 rings (SSSR count). The monoisotopic (exact) mass is 262 g/mol. The van der Waals surface area contributed by atoms with Crippen molar-refractivity contribution in [2.75, 3.05) is 0 Å². The van der Waals surface area contributed by atoms with Gasteiger partial charge in [-0.15, -0.1) is 0 Å². The minimum Gasteiger partial charge on any atom is -0.161 e. The van der Waals surface area contributed by atoms with Gasteiger partial charge in [-0.2, -0.15) is 10.2 Å². The molecule has 0 unspecified atom stereocenters. The molecule has 108 valence electrons. The van der Waals surface area contributed by atoms with Gasteiger partial charge in [-0.3, -0.25) is 0 Å². The summed E-state index contributed by atoms with van der Waals surface area (Å²) < 4.78 is 0. The summed E-state index contributed by atoms with van der Waals surface area (Å²) in [4.78, 5) is 0. The maximum atomic E-state index is 4.39. The first-order valence-electron chi connectivity index (χ1n) is 8.22. The Morgan fingerprint density at radius 2 is 1.26 bits per heavy atom. The maximum absolute atomic E-state index is 4.39. The Labute approximate surface area is 118 Å². The molecule has 0 aromatic rings. The van der Waals surface area contributed by atoms with E-state index in [0.717, 1.165) is 17.5 Å². The van der Waals surface area contributed by atoms with Gasteiger partial charge in [-0.25, -0.2) is 0 Å². The highest BCUT2D eigenvalue weighted by Crippen LogP contribution is 2.40. The number of hydrogen-bond donors (Lipinski definition) is 0. The number of nitrogens with zero attached hydrogens (tertiary/aromatic N) is 2. The van der Waals surface area contributed by atoms with Crippen molar-refractivity contribution < 1.29 is 0 Å². The molecule has 2 saturated carbocycles. The van der Waals surface area contributed by atoms with Crippen molar-refractivity contribution in [1.29, 1.82) is 0 Å². The molecule has 0 aromatic heterocycles. The zero-order chi connectivity index (χ0) is 13.7. The van der Waals surface area contributed by atoms with E-state index < -0.39 is 0 Å². The lowest BCUT2D eigenvalue weighted by Crippen LogP contribution is -2.26. The van der Waals surface area contributed by atoms with Crippen LogP contribution in [0.25, 0.3) is 0 Å². The van der Waals surface area contributed by atoms with Crippen molar-refractivity contribution in [2.24, 2.45) is 28.0 Å². The van der Waals surface area contributed by atoms with Crippen molar-refractivity contribution >= 4 is 11.4 Å². The van der Waals surface area contributed by atoms with Crippen LogP contribution in [0.15, 0.2) is 10.2 Å². The number of hydrogen-bond acceptors (Lipinski definition) is 2. The molecule has 2 nitrogen and oxygen atoms in total. The fourth-order valence-electron chi connectivity index (χ4n) is 3.87. The lowest BCUT2D eigenvalue weighted by molar-refractivity contribution is 0.184. The normalized spacial score (nSPS) is 30.2. The van der Waals surface area contributed by atoms with E-state index in [1.165, 1.54) is 63.5 Å². The Kier molecular flexibility index (Phi) is 5.59. The molecule has 19 heavy (non-hydrogen) atoms. The second-order valence-corrected chi connectivity index (χ2v) is 6.80. The summed E-state index contributed by atoms with van der Waals surface area (Å²) in [7, 11) is 0. The van der Waals surface area contributed by atoms with Crippen molar-refractivity contribution in [3.8, 4) is 0 Å². The van der Waals surface area contributed by atoms with Gasteiger partial charge in [0.25, 0.3) is 0 Å². The second-order valence-electron chi connectivity index (χ2n) is 6.80. The van der Waals surface area contributed by atoms with E-state index in [9.17, 15) is 0 Å². The summed E-state index contributed by atoms with van der Waals surface area (Å²) in [6, 6.07) is 0. The van der Waals surface area contributed by atoms with Crippen molar-refractivity contribution in [3.05, 3.63) is 0 Å². The van der Waals surface area contributed by atoms with Gasteiger partial charge in [-0.1, -0.05) is 32.1 Å². The molecule has 0 amide bonds. The van der Waals surface area contributed by atoms with Crippen LogP contribution in [-0.4, -0.2) is 11.4 Å². The summed E-state index contributed by atoms with van der Waals surface area (Å²) in [6.07, 6.45) is 13.0. The molecule has 0 aliphatic heterocycles. The smallest absolute Gasteiger partial charge is 0.0405 e. The van der Waals surface area contributed by atoms with E-state index in [1.807, 2.05) is 13.8 Å². The quantitative estimate of drug-likeness (QED) is 0.491. The molecule has 0 heterocycles. The van der Waals surface area contributed by atoms with E-state index in [0.29, 0.717) is 5.92 Å². The number of rotatable bonds is 3. The molecule has 2 aliphatic rings. The predicted molar refractivity (Wildman–Crippen MR) is 83.9 cm³/mol. The van der Waals surface area contributed by atoms with Gasteiger partial charge in [0.05, 0.1) is 0 Å². The van der Waals surface area contributed by atoms with Gasteiger partial charge in [0.2, 0.25) is 0 Å². The predicted octanol–water partition coefficient (Wildman–Crippen LogP) is 5.23. The van der Waals surface area contributed by atoms with E-state index in [-0.39, 0.29) is 0 Å². The summed E-state index contributed by atoms with van der Waals surface area (Å²) in [5, 5.41) is 8.60. The highest BCUT2D eigenvalue weighted by Gasteiger charge is 2.29. The van der Waals surface area contributed by atoms with E-state index in [2.05, 4.69) is 17.1 Å². The van der Waals surface area contributed by atoms with Gasteiger partial charge < -0.3 is 0 Å². The van der Waals surface area contributed by atoms with Gasteiger partial charge in [-0.05, 0) is 64.2 Å². The Bertz CT molecular complexity index is 325. The van der Waals surface area contributed by atoms with Crippen molar-refractivity contribution in [3.63, 3.8) is 0 Å². The molecular formula is C17H30N2. The lowest BCUT2D eigenvalue weighted by atomic mass is 9.70. The third-order valence-corrected chi connectivity index (χ3v) is 5.09. The fourth-order valence-corrected chi connectivity index (χ4v) is 3.87. The van der Waals surface area contributed by atoms with Gasteiger partial charge in [0.1, 0.15) is 0 Å². The molecule has 2 heteroatoms. The first kappa shape index (κ1) is 14.7. The summed E-state index contributed by atoms with van der Waals surface area (Å²) >= 11 is 0. The minimum atomic E-state index is 0.697. The van der Waals surface area contributed by atoms with Gasteiger partial charge in [0, 0.05) is 11.4 Å². The Morgan fingerprint density at radius 1 is 0.684 bits per heavy atom. The standard InChI is InChI=1S/C17H30N2/c1-13(2)18-19-14(3)15-9-11-17(12-10-15)16-7-5-4-6-8-16/h15-17H,4-12H2,1-3H3/b19-14+. The fraction of sp³-hybridized carbons (Fsp3) is 0.882. The third-order valence-electron chi connectivity index (χ3n) is 5.09. The highest BCUT2D eigenvalue weighted by molar-refractivity contribution is 5.86. The van der Waals surface area contributed by atoms with E-state index >= 15 is 0 Å². The largest absolute Gasteiger partial charge is 0.161 e. The molecule has 0 aromatic carbocycles. The average molecular weight is 262 g/mol. The first-order chi connectivity index (χ1) is 9.16. The summed E-state index contributed by atoms with van der Waals surface area (Å²) in [5.74, 6) is 2.76. The lowest BCUT2D eigenvalue weighted by Gasteiger charge is -2.35. The van der Waals surface area contributed by atoms with Crippen LogP contribution in [0.3, 0.4) is 0 Å². The summed E-state index contributed by atoms with van der Waals surface area (Å²) in [5.41, 5.74) is 2.30. The maximum Gasteiger partial charge on any atom is 0.0405 e. The van der Waals surface area contributed by atoms with Crippen LogP contribution < -0.4 is 0 Å². The van der Waals surface area contributed by atoms with Crippen molar-refractivity contribution in [2.45, 2.75) is 78.6 Å². The van der Waals surface area contributed by atoms with Crippen LogP contribution in [0, 0.1) is 17.8 Å². The molecule has 0 radical (unpaired) electrons. The third kappa shape index (κ3) is 4.43. The molecule has 2 fully saturated rings. The zero-order valence-electron chi connectivity index (χ0n) is 13.0. The molecule has 0 spiro atoms. The molecule has 0 N–H and O–H groups in total. The van der Waals surface area contributed by atoms with E-state index in [1.54, 1.807) is 0 Å². The van der Waals surface area contributed by atoms with Crippen LogP contribution in [0.1, 0.15) is 78.6 Å². The van der Waals surface area contributed by atoms with Gasteiger partial charge >= 0.3 is 0 Å². The zero-order valence-corrected chi connectivity index (χ0v) is 13.0. The first-order valence-corrected chi connectivity index (χ1v) is 8.22. The molecule has 2 aliphatic carbocycles. The summed E-state index contributed by atoms with van der Waals surface area (Å²) in [6.45, 7) is 6.19. The highest BCUT2D eigenvalue weighted by atomic mass is 15.2. The van der Waals surface area contributed by atoms with Crippen LogP contribution in [-0.2, 0) is 0 Å². The van der Waals surface area contributed by atoms with E-state index in [4.69, 9.17) is 0 Å². The molecule has 0 atom stereocenters. The van der Waals surface area contributed by atoms with Crippen LogP contribution in [0.5, 0.6) is 0 Å². The molecule has 0 bridgehead atoms.